The number of hydrogen-bond donors (Lipinski definition) is 1. The minimum absolute atomic E-state index is 0. The van der Waals surface area contributed by atoms with E-state index >= 15 is 0 Å². The zero-order chi connectivity index (χ0) is 4.99. The number of alkyl halides is 1. The fourth-order valence-electron chi connectivity index (χ4n) is 0.0808. The molecule has 0 amide bonds. The standard InChI is InChI=1S/C3H5ClO2.Na.H/c4-2-1-3(5)6;;/h1-2H2,(H,5,6);;. The number of carboxylic acid groups (broad SMARTS) is 1. The zero-order valence-electron chi connectivity index (χ0n) is 3.15. The normalized spacial score (nSPS) is 7.00. The Kier molecular flexibility index (Phi) is 10.3. The van der Waals surface area contributed by atoms with Gasteiger partial charge in [0, 0.05) is 5.88 Å². The van der Waals surface area contributed by atoms with Gasteiger partial charge in [-0.05, 0) is 0 Å². The van der Waals surface area contributed by atoms with Gasteiger partial charge in [0.05, 0.1) is 6.42 Å². The molecule has 0 aliphatic carbocycles. The number of aliphatic carboxylic acids is 1. The Labute approximate surface area is 69.1 Å². The fraction of sp³-hybridized carbons (Fsp3) is 0.667. The summed E-state index contributed by atoms with van der Waals surface area (Å²) in [4.78, 5) is 9.51. The van der Waals surface area contributed by atoms with Crippen molar-refractivity contribution in [2.75, 3.05) is 5.88 Å². The summed E-state index contributed by atoms with van der Waals surface area (Å²) in [5, 5.41) is 7.83. The summed E-state index contributed by atoms with van der Waals surface area (Å²) in [5.41, 5.74) is 0. The second-order valence-electron chi connectivity index (χ2n) is 0.833. The van der Waals surface area contributed by atoms with Crippen LogP contribution in [0.3, 0.4) is 0 Å². The first-order chi connectivity index (χ1) is 2.77. The molecule has 0 spiro atoms. The van der Waals surface area contributed by atoms with Gasteiger partial charge in [-0.2, -0.15) is 0 Å². The fourth-order valence-corrected chi connectivity index (χ4v) is 0.243. The van der Waals surface area contributed by atoms with E-state index in [-0.39, 0.29) is 41.9 Å². The van der Waals surface area contributed by atoms with E-state index in [1.165, 1.54) is 0 Å². The van der Waals surface area contributed by atoms with Crippen LogP contribution < -0.4 is 0 Å². The third-order valence-corrected chi connectivity index (χ3v) is 0.497. The predicted octanol–water partition coefficient (Wildman–Crippen LogP) is 0.0514. The Morgan fingerprint density at radius 3 is 2.14 bits per heavy atom. The summed E-state index contributed by atoms with van der Waals surface area (Å²) in [6.07, 6.45) is 0.0571. The Morgan fingerprint density at radius 1 is 1.71 bits per heavy atom. The summed E-state index contributed by atoms with van der Waals surface area (Å²) >= 11 is 5.02. The first-order valence-electron chi connectivity index (χ1n) is 1.55. The van der Waals surface area contributed by atoms with E-state index in [1.807, 2.05) is 0 Å². The average Bonchev–Trinajstić information content (AvgIpc) is 1.35. The molecule has 0 unspecified atom stereocenters. The van der Waals surface area contributed by atoms with E-state index in [0.29, 0.717) is 0 Å². The third-order valence-electron chi connectivity index (χ3n) is 0.308. The molecule has 0 aromatic carbocycles. The maximum atomic E-state index is 9.51. The van der Waals surface area contributed by atoms with Crippen LogP contribution in [0.15, 0.2) is 0 Å². The van der Waals surface area contributed by atoms with Crippen molar-refractivity contribution in [1.82, 2.24) is 0 Å². The molecular weight excluding hydrogens is 126 g/mol. The van der Waals surface area contributed by atoms with E-state index in [4.69, 9.17) is 16.7 Å². The van der Waals surface area contributed by atoms with Crippen LogP contribution in [0.5, 0.6) is 0 Å². The Morgan fingerprint density at radius 2 is 2.14 bits per heavy atom. The van der Waals surface area contributed by atoms with Crippen LogP contribution in [0, 0.1) is 0 Å². The molecule has 4 heteroatoms. The van der Waals surface area contributed by atoms with E-state index in [9.17, 15) is 4.79 Å². The molecule has 0 aliphatic rings. The molecule has 0 aromatic rings. The van der Waals surface area contributed by atoms with Gasteiger partial charge in [-0.1, -0.05) is 0 Å². The number of hydrogen-bond acceptors (Lipinski definition) is 1. The molecule has 2 nitrogen and oxygen atoms in total. The Balaban J connectivity index is 0. The molecule has 0 fully saturated rings. The van der Waals surface area contributed by atoms with Gasteiger partial charge in [-0.25, -0.2) is 0 Å². The second kappa shape index (κ2) is 6.76. The van der Waals surface area contributed by atoms with E-state index in [2.05, 4.69) is 0 Å². The van der Waals surface area contributed by atoms with Crippen molar-refractivity contribution in [3.63, 3.8) is 0 Å². The van der Waals surface area contributed by atoms with Crippen LogP contribution in [-0.4, -0.2) is 46.5 Å². The summed E-state index contributed by atoms with van der Waals surface area (Å²) in [6.45, 7) is 0. The molecular formula is C3H6ClNaO2. The molecule has 38 valence electrons. The minimum atomic E-state index is -0.843. The topological polar surface area (TPSA) is 37.3 Å². The number of carbonyl (C=O) groups is 1. The molecule has 0 bridgehead atoms. The van der Waals surface area contributed by atoms with Crippen molar-refractivity contribution in [3.8, 4) is 0 Å². The molecule has 0 atom stereocenters. The van der Waals surface area contributed by atoms with E-state index < -0.39 is 5.97 Å². The molecule has 7 heavy (non-hydrogen) atoms. The van der Waals surface area contributed by atoms with Gasteiger partial charge in [0.15, 0.2) is 0 Å². The van der Waals surface area contributed by atoms with Gasteiger partial charge < -0.3 is 5.11 Å². The van der Waals surface area contributed by atoms with E-state index in [0.717, 1.165) is 0 Å². The number of rotatable bonds is 2. The van der Waals surface area contributed by atoms with Gasteiger partial charge in [0.2, 0.25) is 0 Å². The molecule has 0 radical (unpaired) electrons. The van der Waals surface area contributed by atoms with Gasteiger partial charge in [0.25, 0.3) is 0 Å². The van der Waals surface area contributed by atoms with Crippen LogP contribution in [0.2, 0.25) is 0 Å². The zero-order valence-corrected chi connectivity index (χ0v) is 3.90. The summed E-state index contributed by atoms with van der Waals surface area (Å²) in [7, 11) is 0. The van der Waals surface area contributed by atoms with Crippen molar-refractivity contribution < 1.29 is 9.90 Å². The number of carboxylic acids is 1. The van der Waals surface area contributed by atoms with Gasteiger partial charge in [-0.3, -0.25) is 4.79 Å². The molecule has 0 rings (SSSR count). The molecule has 1 N–H and O–H groups in total. The van der Waals surface area contributed by atoms with Crippen molar-refractivity contribution in [3.05, 3.63) is 0 Å². The van der Waals surface area contributed by atoms with Gasteiger partial charge >= 0.3 is 35.5 Å². The third kappa shape index (κ3) is 10.8. The summed E-state index contributed by atoms with van der Waals surface area (Å²) in [6, 6.07) is 0. The monoisotopic (exact) mass is 132 g/mol. The van der Waals surface area contributed by atoms with Crippen LogP contribution in [0.4, 0.5) is 0 Å². The van der Waals surface area contributed by atoms with Crippen molar-refractivity contribution in [2.45, 2.75) is 6.42 Å². The van der Waals surface area contributed by atoms with Gasteiger partial charge in [0.1, 0.15) is 0 Å². The molecule has 0 saturated carbocycles. The molecule has 0 aromatic heterocycles. The Bertz CT molecular complexity index is 56.9. The molecule has 0 saturated heterocycles. The van der Waals surface area contributed by atoms with Crippen LogP contribution in [-0.2, 0) is 4.79 Å². The first kappa shape index (κ1) is 10.7. The van der Waals surface area contributed by atoms with Gasteiger partial charge in [-0.15, -0.1) is 11.6 Å². The molecule has 0 aliphatic heterocycles. The first-order valence-corrected chi connectivity index (χ1v) is 2.08. The van der Waals surface area contributed by atoms with Crippen molar-refractivity contribution >= 4 is 47.1 Å². The predicted molar refractivity (Wildman–Crippen MR) is 30.1 cm³/mol. The van der Waals surface area contributed by atoms with Crippen molar-refractivity contribution in [1.29, 1.82) is 0 Å². The SMILES string of the molecule is O=C(O)CCCl.[NaH]. The number of halogens is 1. The maximum absolute atomic E-state index is 9.51. The van der Waals surface area contributed by atoms with Crippen LogP contribution in [0.1, 0.15) is 6.42 Å². The average molecular weight is 133 g/mol. The van der Waals surface area contributed by atoms with Crippen molar-refractivity contribution in [2.24, 2.45) is 0 Å². The summed E-state index contributed by atoms with van der Waals surface area (Å²) < 4.78 is 0. The summed E-state index contributed by atoms with van der Waals surface area (Å²) in [5.74, 6) is -0.639. The second-order valence-corrected chi connectivity index (χ2v) is 1.21. The van der Waals surface area contributed by atoms with E-state index in [1.54, 1.807) is 0 Å². The Hall–Kier alpha value is 0.760. The van der Waals surface area contributed by atoms with Crippen LogP contribution in [0.25, 0.3) is 0 Å². The molecule has 0 heterocycles. The van der Waals surface area contributed by atoms with Crippen LogP contribution >= 0.6 is 11.6 Å². The quantitative estimate of drug-likeness (QED) is 0.426.